The molecule has 0 atom stereocenters. The smallest absolute Gasteiger partial charge is 0.0256 e. The second-order valence-electron chi connectivity index (χ2n) is 3.66. The highest BCUT2D eigenvalue weighted by Crippen LogP contribution is 2.34. The van der Waals surface area contributed by atoms with Crippen molar-refractivity contribution in [1.82, 2.24) is 0 Å². The van der Waals surface area contributed by atoms with Crippen LogP contribution in [0.4, 0.5) is 0 Å². The van der Waals surface area contributed by atoms with E-state index < -0.39 is 8.15 Å². The summed E-state index contributed by atoms with van der Waals surface area (Å²) in [5, 5.41) is 0. The van der Waals surface area contributed by atoms with Crippen LogP contribution in [0.1, 0.15) is 27.7 Å². The third-order valence-electron chi connectivity index (χ3n) is 1.15. The fourth-order valence-corrected chi connectivity index (χ4v) is 2.75. The van der Waals surface area contributed by atoms with E-state index in [9.17, 15) is 4.89 Å². The maximum atomic E-state index is 9.45. The minimum absolute atomic E-state index is 0.648. The lowest BCUT2D eigenvalue weighted by atomic mass is 10.3. The first kappa shape index (κ1) is 10.4. The first-order valence-corrected chi connectivity index (χ1v) is 5.62. The summed E-state index contributed by atoms with van der Waals surface area (Å²) in [5.74, 6) is 1.30. The zero-order valence-electron chi connectivity index (χ0n) is 7.46. The molecule has 1 N–H and O–H groups in total. The molecule has 0 amide bonds. The zero-order chi connectivity index (χ0) is 8.15. The molecule has 10 heavy (non-hydrogen) atoms. The molecule has 2 heteroatoms. The van der Waals surface area contributed by atoms with E-state index in [2.05, 4.69) is 27.7 Å². The van der Waals surface area contributed by atoms with Crippen LogP contribution in [-0.4, -0.2) is 17.2 Å². The van der Waals surface area contributed by atoms with Crippen molar-refractivity contribution in [2.75, 3.05) is 12.3 Å². The molecule has 62 valence electrons. The molecule has 0 unspecified atom stereocenters. The minimum Gasteiger partial charge on any atom is -0.374 e. The molecule has 0 aromatic carbocycles. The first-order chi connectivity index (χ1) is 4.52. The lowest BCUT2D eigenvalue weighted by Crippen LogP contribution is -2.01. The van der Waals surface area contributed by atoms with Crippen LogP contribution in [0, 0.1) is 11.8 Å². The zero-order valence-corrected chi connectivity index (χ0v) is 8.36. The number of hydrogen-bond acceptors (Lipinski definition) is 1. The lowest BCUT2D eigenvalue weighted by Gasteiger charge is -2.14. The maximum Gasteiger partial charge on any atom is 0.0256 e. The second-order valence-corrected chi connectivity index (χ2v) is 5.40. The highest BCUT2D eigenvalue weighted by molar-refractivity contribution is 7.51. The largest absolute Gasteiger partial charge is 0.374 e. The molecular weight excluding hydrogens is 143 g/mol. The van der Waals surface area contributed by atoms with Crippen molar-refractivity contribution in [1.29, 1.82) is 0 Å². The third kappa shape index (κ3) is 6.51. The van der Waals surface area contributed by atoms with Crippen molar-refractivity contribution in [3.63, 3.8) is 0 Å². The molecular formula is C8H19OP. The van der Waals surface area contributed by atoms with Gasteiger partial charge in [-0.1, -0.05) is 27.7 Å². The third-order valence-corrected chi connectivity index (χ3v) is 3.46. The van der Waals surface area contributed by atoms with E-state index in [1.54, 1.807) is 0 Å². The van der Waals surface area contributed by atoms with Gasteiger partial charge in [-0.2, -0.15) is 0 Å². The van der Waals surface area contributed by atoms with E-state index in [0.29, 0.717) is 11.8 Å². The van der Waals surface area contributed by atoms with Gasteiger partial charge in [-0.3, -0.25) is 0 Å². The molecule has 0 saturated heterocycles. The molecule has 0 radical (unpaired) electrons. The Hall–Kier alpha value is 0.390. The fourth-order valence-electron chi connectivity index (χ4n) is 0.918. The fraction of sp³-hybridized carbons (Fsp3) is 1.00. The van der Waals surface area contributed by atoms with Crippen LogP contribution in [0.2, 0.25) is 0 Å². The van der Waals surface area contributed by atoms with Gasteiger partial charge >= 0.3 is 0 Å². The van der Waals surface area contributed by atoms with Crippen LogP contribution >= 0.6 is 8.15 Å². The predicted octanol–water partition coefficient (Wildman–Crippen LogP) is 2.69. The van der Waals surface area contributed by atoms with Gasteiger partial charge in [-0.05, 0) is 24.2 Å². The summed E-state index contributed by atoms with van der Waals surface area (Å²) < 4.78 is 0. The molecule has 0 heterocycles. The van der Waals surface area contributed by atoms with Crippen LogP contribution in [0.3, 0.4) is 0 Å². The average Bonchev–Trinajstić information content (AvgIpc) is 1.58. The molecule has 0 aliphatic carbocycles. The van der Waals surface area contributed by atoms with E-state index >= 15 is 0 Å². The van der Waals surface area contributed by atoms with Crippen LogP contribution in [0.15, 0.2) is 0 Å². The molecule has 0 rings (SSSR count). The van der Waals surface area contributed by atoms with E-state index in [0.717, 1.165) is 12.3 Å². The molecule has 0 aromatic heterocycles. The summed E-state index contributed by atoms with van der Waals surface area (Å²) in [6.07, 6.45) is 2.01. The van der Waals surface area contributed by atoms with Crippen molar-refractivity contribution in [2.45, 2.75) is 27.7 Å². The van der Waals surface area contributed by atoms with Gasteiger partial charge < -0.3 is 4.89 Å². The highest BCUT2D eigenvalue weighted by atomic mass is 31.1. The van der Waals surface area contributed by atoms with Crippen molar-refractivity contribution in [3.05, 3.63) is 0 Å². The normalized spacial score (nSPS) is 12.0. The Morgan fingerprint density at radius 2 is 1.30 bits per heavy atom. The second kappa shape index (κ2) is 5.09. The van der Waals surface area contributed by atoms with Gasteiger partial charge in [0, 0.05) is 8.15 Å². The Balaban J connectivity index is 3.34. The average molecular weight is 162 g/mol. The molecule has 1 nitrogen and oxygen atoms in total. The van der Waals surface area contributed by atoms with Crippen LogP contribution in [-0.2, 0) is 0 Å². The highest BCUT2D eigenvalue weighted by Gasteiger charge is 2.08. The lowest BCUT2D eigenvalue weighted by molar-refractivity contribution is 0.586. The standard InChI is InChI=1S/C8H19OP/c1-7(2)5-10(9)6-8(3)4/h7-9H,5-6H2,1-4H3. The van der Waals surface area contributed by atoms with E-state index in [4.69, 9.17) is 0 Å². The summed E-state index contributed by atoms with van der Waals surface area (Å²) in [5.41, 5.74) is 0. The maximum absolute atomic E-state index is 9.45. The van der Waals surface area contributed by atoms with E-state index in [1.807, 2.05) is 0 Å². The van der Waals surface area contributed by atoms with Gasteiger partial charge in [0.05, 0.1) is 0 Å². The molecule has 0 spiro atoms. The van der Waals surface area contributed by atoms with Crippen molar-refractivity contribution < 1.29 is 4.89 Å². The summed E-state index contributed by atoms with van der Waals surface area (Å²) in [6, 6.07) is 0. The van der Waals surface area contributed by atoms with Gasteiger partial charge in [-0.15, -0.1) is 0 Å². The summed E-state index contributed by atoms with van der Waals surface area (Å²) >= 11 is 0. The summed E-state index contributed by atoms with van der Waals surface area (Å²) in [4.78, 5) is 9.45. The Kier molecular flexibility index (Phi) is 5.29. The van der Waals surface area contributed by atoms with Crippen molar-refractivity contribution >= 4 is 8.15 Å². The molecule has 0 aromatic rings. The Bertz CT molecular complexity index is 71.3. The van der Waals surface area contributed by atoms with Gasteiger partial charge in [0.1, 0.15) is 0 Å². The van der Waals surface area contributed by atoms with E-state index in [-0.39, 0.29) is 0 Å². The van der Waals surface area contributed by atoms with Crippen molar-refractivity contribution in [2.24, 2.45) is 11.8 Å². The Morgan fingerprint density at radius 3 is 1.50 bits per heavy atom. The van der Waals surface area contributed by atoms with Gasteiger partial charge in [0.2, 0.25) is 0 Å². The quantitative estimate of drug-likeness (QED) is 0.630. The first-order valence-electron chi connectivity index (χ1n) is 3.96. The Labute approximate surface area is 65.7 Å². The molecule has 0 fully saturated rings. The van der Waals surface area contributed by atoms with Crippen LogP contribution < -0.4 is 0 Å². The predicted molar refractivity (Wildman–Crippen MR) is 48.5 cm³/mol. The monoisotopic (exact) mass is 162 g/mol. The van der Waals surface area contributed by atoms with Crippen LogP contribution in [0.5, 0.6) is 0 Å². The van der Waals surface area contributed by atoms with Gasteiger partial charge in [0.25, 0.3) is 0 Å². The Morgan fingerprint density at radius 1 is 1.00 bits per heavy atom. The SMILES string of the molecule is CC(C)CP(O)CC(C)C. The molecule has 0 bridgehead atoms. The van der Waals surface area contributed by atoms with Gasteiger partial charge in [0.15, 0.2) is 0 Å². The minimum atomic E-state index is -0.659. The van der Waals surface area contributed by atoms with Gasteiger partial charge in [-0.25, -0.2) is 0 Å². The summed E-state index contributed by atoms with van der Waals surface area (Å²) in [7, 11) is -0.659. The number of hydrogen-bond donors (Lipinski definition) is 1. The summed E-state index contributed by atoms with van der Waals surface area (Å²) in [6.45, 7) is 8.63. The molecule has 0 saturated carbocycles. The number of rotatable bonds is 4. The van der Waals surface area contributed by atoms with E-state index in [1.165, 1.54) is 0 Å². The van der Waals surface area contributed by atoms with Crippen LogP contribution in [0.25, 0.3) is 0 Å². The topological polar surface area (TPSA) is 20.2 Å². The molecule has 0 aliphatic rings. The van der Waals surface area contributed by atoms with Crippen molar-refractivity contribution in [3.8, 4) is 0 Å². The molecule has 0 aliphatic heterocycles.